The molecule has 0 aliphatic heterocycles. The van der Waals surface area contributed by atoms with Gasteiger partial charge in [0.1, 0.15) is 0 Å². The van der Waals surface area contributed by atoms with Gasteiger partial charge in [-0.1, -0.05) is 0 Å². The maximum Gasteiger partial charge on any atom is 0.392 e. The molecule has 3 nitrogen and oxygen atoms in total. The predicted molar refractivity (Wildman–Crippen MR) is 38.0 cm³/mol. The second-order valence-corrected chi connectivity index (χ2v) is 2.13. The third-order valence-electron chi connectivity index (χ3n) is 1.03. The first kappa shape index (κ1) is 11.8. The smallest absolute Gasteiger partial charge is 0.392 e. The van der Waals surface area contributed by atoms with E-state index in [1.807, 2.05) is 0 Å². The molecule has 0 bridgehead atoms. The van der Waals surface area contributed by atoms with Crippen molar-refractivity contribution in [3.8, 4) is 0 Å². The quantitative estimate of drug-likeness (QED) is 0.554. The number of hydrogen-bond donors (Lipinski definition) is 1. The summed E-state index contributed by atoms with van der Waals surface area (Å²) >= 11 is 0. The van der Waals surface area contributed by atoms with Gasteiger partial charge in [0, 0.05) is 0 Å². The zero-order valence-electron chi connectivity index (χ0n) is 6.89. The van der Waals surface area contributed by atoms with Crippen LogP contribution in [0.4, 0.5) is 13.2 Å². The van der Waals surface area contributed by atoms with E-state index in [9.17, 15) is 18.0 Å². The molecule has 0 fully saturated rings. The molecule has 0 aromatic rings. The van der Waals surface area contributed by atoms with E-state index in [1.54, 1.807) is 0 Å². The lowest BCUT2D eigenvalue weighted by molar-refractivity contribution is -0.137. The largest absolute Gasteiger partial charge is 0.487 e. The van der Waals surface area contributed by atoms with Gasteiger partial charge in [0.2, 0.25) is 5.76 Å². The molecule has 0 saturated carbocycles. The van der Waals surface area contributed by atoms with Crippen LogP contribution in [0, 0.1) is 0 Å². The van der Waals surface area contributed by atoms with Gasteiger partial charge < -0.3 is 9.84 Å². The van der Waals surface area contributed by atoms with Crippen molar-refractivity contribution in [1.82, 2.24) is 0 Å². The fourth-order valence-electron chi connectivity index (χ4n) is 0.572. The minimum Gasteiger partial charge on any atom is -0.487 e. The van der Waals surface area contributed by atoms with Gasteiger partial charge in [-0.15, -0.1) is 0 Å². The summed E-state index contributed by atoms with van der Waals surface area (Å²) in [4.78, 5) is 10.2. The van der Waals surface area contributed by atoms with Crippen molar-refractivity contribution in [2.24, 2.45) is 0 Å². The Morgan fingerprint density at radius 2 is 2.08 bits per heavy atom. The third-order valence-corrected chi connectivity index (χ3v) is 1.03. The Labute approximate surface area is 72.8 Å². The van der Waals surface area contributed by atoms with Crippen molar-refractivity contribution in [2.75, 3.05) is 6.61 Å². The molecule has 0 radical (unpaired) electrons. The van der Waals surface area contributed by atoms with Crippen LogP contribution >= 0.6 is 0 Å². The number of aliphatic carboxylic acids is 1. The number of hydrogen-bond acceptors (Lipinski definition) is 2. The summed E-state index contributed by atoms with van der Waals surface area (Å²) in [5, 5.41) is 8.34. The summed E-state index contributed by atoms with van der Waals surface area (Å²) in [5.41, 5.74) is 0. The zero-order chi connectivity index (χ0) is 10.5. The van der Waals surface area contributed by atoms with Crippen LogP contribution in [0.2, 0.25) is 0 Å². The third kappa shape index (κ3) is 6.01. The van der Waals surface area contributed by atoms with Gasteiger partial charge in [-0.25, -0.2) is 4.79 Å². The van der Waals surface area contributed by atoms with Crippen LogP contribution in [-0.2, 0) is 9.53 Å². The summed E-state index contributed by atoms with van der Waals surface area (Å²) in [6.45, 7) is 1.51. The number of allylic oxidation sites excluding steroid dienone is 1. The normalized spacial score (nSPS) is 12.8. The molecule has 0 saturated heterocycles. The Balaban J connectivity index is 4.28. The topological polar surface area (TPSA) is 46.5 Å². The van der Waals surface area contributed by atoms with E-state index in [1.165, 1.54) is 6.92 Å². The van der Waals surface area contributed by atoms with Gasteiger partial charge in [0.15, 0.2) is 0 Å². The lowest BCUT2D eigenvalue weighted by Gasteiger charge is -2.05. The fraction of sp³-hybridized carbons (Fsp3) is 0.571. The Morgan fingerprint density at radius 1 is 1.54 bits per heavy atom. The Morgan fingerprint density at radius 3 is 2.38 bits per heavy atom. The van der Waals surface area contributed by atoms with Gasteiger partial charge in [0.25, 0.3) is 0 Å². The summed E-state index contributed by atoms with van der Waals surface area (Å²) < 4.78 is 39.3. The molecule has 1 N–H and O–H groups in total. The molecule has 6 heteroatoms. The number of rotatable bonds is 4. The van der Waals surface area contributed by atoms with Gasteiger partial charge in [-0.2, -0.15) is 13.2 Å². The highest BCUT2D eigenvalue weighted by atomic mass is 19.4. The minimum atomic E-state index is -4.40. The lowest BCUT2D eigenvalue weighted by Crippen LogP contribution is -2.09. The highest BCUT2D eigenvalue weighted by molar-refractivity contribution is 5.84. The number of ether oxygens (including phenoxy) is 1. The first-order chi connectivity index (χ1) is 5.87. The Kier molecular flexibility index (Phi) is 4.30. The monoisotopic (exact) mass is 198 g/mol. The molecular formula is C7H9F3O3. The summed E-state index contributed by atoms with van der Waals surface area (Å²) in [6, 6.07) is 0. The number of alkyl halides is 3. The first-order valence-corrected chi connectivity index (χ1v) is 3.50. The summed E-state index contributed by atoms with van der Waals surface area (Å²) in [5.74, 6) is -2.16. The molecule has 13 heavy (non-hydrogen) atoms. The molecule has 0 rings (SSSR count). The average molecular weight is 198 g/mol. The second kappa shape index (κ2) is 4.74. The van der Waals surface area contributed by atoms with Crippen molar-refractivity contribution in [3.05, 3.63) is 11.8 Å². The van der Waals surface area contributed by atoms with E-state index in [-0.39, 0.29) is 6.61 Å². The molecular weight excluding hydrogens is 189 g/mol. The second-order valence-electron chi connectivity index (χ2n) is 2.13. The van der Waals surface area contributed by atoms with Crippen LogP contribution in [0.25, 0.3) is 0 Å². The van der Waals surface area contributed by atoms with E-state index in [0.29, 0.717) is 6.08 Å². The Bertz CT molecular complexity index is 208. The van der Waals surface area contributed by atoms with Crippen molar-refractivity contribution in [1.29, 1.82) is 0 Å². The lowest BCUT2D eigenvalue weighted by atomic mass is 10.3. The fourth-order valence-corrected chi connectivity index (χ4v) is 0.572. The van der Waals surface area contributed by atoms with Gasteiger partial charge in [-0.3, -0.25) is 0 Å². The Hall–Kier alpha value is -1.20. The van der Waals surface area contributed by atoms with Crippen LogP contribution in [-0.4, -0.2) is 23.9 Å². The zero-order valence-corrected chi connectivity index (χ0v) is 6.89. The molecule has 76 valence electrons. The SMILES string of the molecule is CCOC(=CCC(F)(F)F)C(=O)O. The first-order valence-electron chi connectivity index (χ1n) is 3.50. The van der Waals surface area contributed by atoms with Crippen LogP contribution in [0.1, 0.15) is 13.3 Å². The molecule has 0 unspecified atom stereocenters. The van der Waals surface area contributed by atoms with Crippen LogP contribution in [0.5, 0.6) is 0 Å². The van der Waals surface area contributed by atoms with Gasteiger partial charge in [-0.05, 0) is 13.0 Å². The maximum atomic E-state index is 11.6. The molecule has 0 aromatic carbocycles. The number of carbonyl (C=O) groups is 1. The minimum absolute atomic E-state index is 0.0238. The highest BCUT2D eigenvalue weighted by Crippen LogP contribution is 2.20. The van der Waals surface area contributed by atoms with Crippen molar-refractivity contribution in [3.63, 3.8) is 0 Å². The standard InChI is InChI=1S/C7H9F3O3/c1-2-13-5(6(11)12)3-4-7(8,9)10/h3H,2,4H2,1H3,(H,11,12). The molecule has 0 atom stereocenters. The van der Waals surface area contributed by atoms with Crippen molar-refractivity contribution < 1.29 is 27.8 Å². The predicted octanol–water partition coefficient (Wildman–Crippen LogP) is 1.94. The van der Waals surface area contributed by atoms with E-state index in [2.05, 4.69) is 4.74 Å². The number of halogens is 3. The van der Waals surface area contributed by atoms with Gasteiger partial charge >= 0.3 is 12.1 Å². The summed E-state index contributed by atoms with van der Waals surface area (Å²) in [6.07, 6.45) is -5.20. The molecule has 0 spiro atoms. The van der Waals surface area contributed by atoms with Crippen LogP contribution in [0.3, 0.4) is 0 Å². The van der Waals surface area contributed by atoms with Crippen LogP contribution in [0.15, 0.2) is 11.8 Å². The summed E-state index contributed by atoms with van der Waals surface area (Å²) in [7, 11) is 0. The molecule has 0 aliphatic rings. The van der Waals surface area contributed by atoms with Crippen molar-refractivity contribution >= 4 is 5.97 Å². The van der Waals surface area contributed by atoms with E-state index in [4.69, 9.17) is 5.11 Å². The molecule has 0 heterocycles. The van der Waals surface area contributed by atoms with E-state index in [0.717, 1.165) is 0 Å². The van der Waals surface area contributed by atoms with Crippen LogP contribution < -0.4 is 0 Å². The average Bonchev–Trinajstić information content (AvgIpc) is 1.95. The van der Waals surface area contributed by atoms with Gasteiger partial charge in [0.05, 0.1) is 13.0 Å². The van der Waals surface area contributed by atoms with E-state index < -0.39 is 24.3 Å². The number of carboxylic acids is 1. The maximum absolute atomic E-state index is 11.6. The number of carboxylic acid groups (broad SMARTS) is 1. The molecule has 0 amide bonds. The van der Waals surface area contributed by atoms with Crippen molar-refractivity contribution in [2.45, 2.75) is 19.5 Å². The van der Waals surface area contributed by atoms with E-state index >= 15 is 0 Å². The molecule has 0 aliphatic carbocycles. The highest BCUT2D eigenvalue weighted by Gasteiger charge is 2.26. The molecule has 0 aromatic heterocycles.